The second-order valence-corrected chi connectivity index (χ2v) is 13.6. The average molecular weight is 521 g/mol. The summed E-state index contributed by atoms with van der Waals surface area (Å²) in [4.78, 5) is 0. The Bertz CT molecular complexity index is 744. The molecule has 2 aromatic rings. The van der Waals surface area contributed by atoms with Crippen LogP contribution < -0.4 is 10.4 Å². The van der Waals surface area contributed by atoms with E-state index in [2.05, 4.69) is 81.4 Å². The van der Waals surface area contributed by atoms with E-state index in [0.717, 1.165) is 0 Å². The first kappa shape index (κ1) is 30.6. The molecule has 36 heavy (non-hydrogen) atoms. The van der Waals surface area contributed by atoms with Gasteiger partial charge in [-0.2, -0.15) is 0 Å². The summed E-state index contributed by atoms with van der Waals surface area (Å²) in [6, 6.07) is 21.3. The van der Waals surface area contributed by atoms with Crippen molar-refractivity contribution < 1.29 is 33.2 Å². The van der Waals surface area contributed by atoms with E-state index in [0.29, 0.717) is 72.7 Å². The van der Waals surface area contributed by atoms with Crippen LogP contribution >= 0.6 is 0 Å². The first-order valence-corrected chi connectivity index (χ1v) is 14.7. The Morgan fingerprint density at radius 2 is 0.861 bits per heavy atom. The summed E-state index contributed by atoms with van der Waals surface area (Å²) in [5.41, 5.74) is 0. The fourth-order valence-corrected chi connectivity index (χ4v) is 8.61. The summed E-state index contributed by atoms with van der Waals surface area (Å²) in [5, 5.41) is 11.1. The van der Waals surface area contributed by atoms with Gasteiger partial charge in [-0.1, -0.05) is 81.4 Å². The van der Waals surface area contributed by atoms with Crippen LogP contribution in [0, 0.1) is 0 Å². The molecule has 0 saturated heterocycles. The zero-order valence-corrected chi connectivity index (χ0v) is 23.2. The van der Waals surface area contributed by atoms with Gasteiger partial charge in [0.1, 0.15) is 0 Å². The molecule has 0 aromatic heterocycles. The lowest BCUT2D eigenvalue weighted by molar-refractivity contribution is -0.0148. The third-order valence-electron chi connectivity index (χ3n) is 5.69. The fourth-order valence-electron chi connectivity index (χ4n) is 4.06. The number of ether oxygens (including phenoxy) is 5. The highest BCUT2D eigenvalue weighted by molar-refractivity contribution is 6.99. The maximum absolute atomic E-state index is 8.61. The molecule has 0 fully saturated rings. The Labute approximate surface area is 217 Å². The SMILES string of the molecule is CC(C)(C)[Si](OCCOCCOCCOCCOCCOCCO)(c1ccccc1)c1ccccc1. The smallest absolute Gasteiger partial charge is 0.261 e. The van der Waals surface area contributed by atoms with Crippen LogP contribution in [0.25, 0.3) is 0 Å². The van der Waals surface area contributed by atoms with Crippen molar-refractivity contribution in [1.82, 2.24) is 0 Å². The van der Waals surface area contributed by atoms with Crippen LogP contribution in [-0.2, 0) is 28.1 Å². The van der Waals surface area contributed by atoms with Crippen molar-refractivity contribution in [3.8, 4) is 0 Å². The van der Waals surface area contributed by atoms with Crippen molar-refractivity contribution in [2.45, 2.75) is 25.8 Å². The van der Waals surface area contributed by atoms with Crippen LogP contribution in [-0.4, -0.2) is 92.7 Å². The van der Waals surface area contributed by atoms with Crippen molar-refractivity contribution >= 4 is 18.7 Å². The molecule has 2 rings (SSSR count). The second kappa shape index (κ2) is 17.8. The molecule has 7 nitrogen and oxygen atoms in total. The highest BCUT2D eigenvalue weighted by Gasteiger charge is 2.49. The van der Waals surface area contributed by atoms with Gasteiger partial charge < -0.3 is 33.2 Å². The molecule has 0 spiro atoms. The van der Waals surface area contributed by atoms with E-state index in [1.807, 2.05) is 0 Å². The van der Waals surface area contributed by atoms with Gasteiger partial charge in [-0.15, -0.1) is 0 Å². The van der Waals surface area contributed by atoms with Gasteiger partial charge in [0.2, 0.25) is 0 Å². The van der Waals surface area contributed by atoms with Crippen molar-refractivity contribution in [2.24, 2.45) is 0 Å². The number of hydrogen-bond donors (Lipinski definition) is 1. The average Bonchev–Trinajstić information content (AvgIpc) is 2.88. The van der Waals surface area contributed by atoms with E-state index in [1.54, 1.807) is 0 Å². The molecular formula is C28H44O7Si. The Morgan fingerprint density at radius 3 is 1.19 bits per heavy atom. The standard InChI is InChI=1S/C28H44O7Si/c1-28(2,3)36(26-10-6-4-7-11-26,27-12-8-5-9-13-27)35-25-24-34-23-22-33-21-20-32-19-18-31-17-16-30-15-14-29/h4-13,29H,14-25H2,1-3H3. The Hall–Kier alpha value is -1.62. The zero-order chi connectivity index (χ0) is 26.0. The summed E-state index contributed by atoms with van der Waals surface area (Å²) in [6.45, 7) is 12.3. The summed E-state index contributed by atoms with van der Waals surface area (Å²) in [7, 11) is -2.51. The lowest BCUT2D eigenvalue weighted by Crippen LogP contribution is -2.66. The minimum absolute atomic E-state index is 0.0316. The van der Waals surface area contributed by atoms with Gasteiger partial charge in [0, 0.05) is 0 Å². The van der Waals surface area contributed by atoms with Gasteiger partial charge in [0.25, 0.3) is 8.32 Å². The fraction of sp³-hybridized carbons (Fsp3) is 0.571. The first-order chi connectivity index (χ1) is 17.5. The number of benzene rings is 2. The van der Waals surface area contributed by atoms with E-state index in [4.69, 9.17) is 33.2 Å². The summed E-state index contributed by atoms with van der Waals surface area (Å²) in [5.74, 6) is 0. The van der Waals surface area contributed by atoms with Crippen molar-refractivity contribution in [3.63, 3.8) is 0 Å². The Morgan fingerprint density at radius 1 is 0.528 bits per heavy atom. The molecule has 0 unspecified atom stereocenters. The second-order valence-electron chi connectivity index (χ2n) is 9.30. The topological polar surface area (TPSA) is 75.6 Å². The quantitative estimate of drug-likeness (QED) is 0.213. The summed E-state index contributed by atoms with van der Waals surface area (Å²) < 4.78 is 34.1. The first-order valence-electron chi connectivity index (χ1n) is 12.8. The summed E-state index contributed by atoms with van der Waals surface area (Å²) in [6.07, 6.45) is 0. The molecule has 1 N–H and O–H groups in total. The normalized spacial score (nSPS) is 12.2. The number of rotatable bonds is 20. The van der Waals surface area contributed by atoms with Gasteiger partial charge in [-0.05, 0) is 15.4 Å². The van der Waals surface area contributed by atoms with Crippen molar-refractivity contribution in [3.05, 3.63) is 60.7 Å². The molecule has 0 aliphatic rings. The van der Waals surface area contributed by atoms with Crippen LogP contribution in [0.5, 0.6) is 0 Å². The monoisotopic (exact) mass is 520 g/mol. The molecular weight excluding hydrogens is 476 g/mol. The summed E-state index contributed by atoms with van der Waals surface area (Å²) >= 11 is 0. The number of aliphatic hydroxyl groups is 1. The lowest BCUT2D eigenvalue weighted by atomic mass is 10.2. The van der Waals surface area contributed by atoms with Crippen LogP contribution in [0.15, 0.2) is 60.7 Å². The zero-order valence-electron chi connectivity index (χ0n) is 22.2. The molecule has 202 valence electrons. The minimum atomic E-state index is -2.51. The van der Waals surface area contributed by atoms with Crippen LogP contribution in [0.4, 0.5) is 0 Å². The minimum Gasteiger partial charge on any atom is -0.405 e. The molecule has 0 aliphatic heterocycles. The number of aliphatic hydroxyl groups excluding tert-OH is 1. The highest BCUT2D eigenvalue weighted by atomic mass is 28.4. The lowest BCUT2D eigenvalue weighted by Gasteiger charge is -2.43. The van der Waals surface area contributed by atoms with Crippen LogP contribution in [0.3, 0.4) is 0 Å². The van der Waals surface area contributed by atoms with E-state index < -0.39 is 8.32 Å². The largest absolute Gasteiger partial charge is 0.405 e. The van der Waals surface area contributed by atoms with Crippen molar-refractivity contribution in [2.75, 3.05) is 79.3 Å². The number of hydrogen-bond acceptors (Lipinski definition) is 7. The maximum Gasteiger partial charge on any atom is 0.261 e. The van der Waals surface area contributed by atoms with Crippen molar-refractivity contribution in [1.29, 1.82) is 0 Å². The van der Waals surface area contributed by atoms with E-state index in [1.165, 1.54) is 10.4 Å². The van der Waals surface area contributed by atoms with Crippen LogP contribution in [0.1, 0.15) is 20.8 Å². The predicted molar refractivity (Wildman–Crippen MR) is 145 cm³/mol. The van der Waals surface area contributed by atoms with E-state index in [-0.39, 0.29) is 11.6 Å². The molecule has 0 atom stereocenters. The third-order valence-corrected chi connectivity index (χ3v) is 10.7. The molecule has 0 radical (unpaired) electrons. The molecule has 2 aromatic carbocycles. The van der Waals surface area contributed by atoms with E-state index in [9.17, 15) is 0 Å². The molecule has 8 heteroatoms. The van der Waals surface area contributed by atoms with Gasteiger partial charge in [-0.25, -0.2) is 0 Å². The van der Waals surface area contributed by atoms with Gasteiger partial charge in [0.05, 0.1) is 79.3 Å². The molecule has 0 bridgehead atoms. The van der Waals surface area contributed by atoms with Gasteiger partial charge in [-0.3, -0.25) is 0 Å². The predicted octanol–water partition coefficient (Wildman–Crippen LogP) is 2.64. The third kappa shape index (κ3) is 10.4. The van der Waals surface area contributed by atoms with Crippen LogP contribution in [0.2, 0.25) is 5.04 Å². The van der Waals surface area contributed by atoms with Gasteiger partial charge in [0.15, 0.2) is 0 Å². The maximum atomic E-state index is 8.61. The highest BCUT2D eigenvalue weighted by Crippen LogP contribution is 2.36. The molecule has 0 amide bonds. The Kier molecular flexibility index (Phi) is 15.1. The molecule has 0 aliphatic carbocycles. The molecule has 0 heterocycles. The van der Waals surface area contributed by atoms with E-state index >= 15 is 0 Å². The van der Waals surface area contributed by atoms with Gasteiger partial charge >= 0.3 is 0 Å². The Balaban J connectivity index is 1.65. The molecule has 0 saturated carbocycles.